The molecule has 2 heterocycles. The van der Waals surface area contributed by atoms with Crippen LogP contribution in [-0.4, -0.2) is 26.9 Å². The number of rotatable bonds is 3. The highest BCUT2D eigenvalue weighted by molar-refractivity contribution is 6.30. The van der Waals surface area contributed by atoms with Gasteiger partial charge in [0.15, 0.2) is 0 Å². The number of nitrogens with zero attached hydrogens (tertiary/aromatic N) is 3. The topological polar surface area (TPSA) is 33.1 Å². The summed E-state index contributed by atoms with van der Waals surface area (Å²) in [5, 5.41) is 7.44. The van der Waals surface area contributed by atoms with Gasteiger partial charge in [-0.25, -0.2) is 5.01 Å². The van der Waals surface area contributed by atoms with E-state index in [1.807, 2.05) is 14.0 Å². The lowest BCUT2D eigenvalue weighted by Crippen LogP contribution is -2.51. The quantitative estimate of drug-likeness (QED) is 0.917. The summed E-state index contributed by atoms with van der Waals surface area (Å²) in [6, 6.07) is 1.18. The molecule has 18 heavy (non-hydrogen) atoms. The summed E-state index contributed by atoms with van der Waals surface area (Å²) in [7, 11) is 1.88. The summed E-state index contributed by atoms with van der Waals surface area (Å²) >= 11 is 6.25. The molecular weight excluding hydrogens is 248 g/mol. The van der Waals surface area contributed by atoms with Crippen LogP contribution in [0.2, 0.25) is 5.15 Å². The molecule has 1 fully saturated rings. The van der Waals surface area contributed by atoms with Gasteiger partial charge in [0, 0.05) is 31.2 Å². The summed E-state index contributed by atoms with van der Waals surface area (Å²) in [4.78, 5) is 0. The van der Waals surface area contributed by atoms with Crippen LogP contribution in [0, 0.1) is 6.92 Å². The molecule has 0 aromatic carbocycles. The highest BCUT2D eigenvalue weighted by atomic mass is 35.5. The zero-order chi connectivity index (χ0) is 13.3. The second-order valence-corrected chi connectivity index (χ2v) is 5.71. The molecule has 1 aromatic rings. The van der Waals surface area contributed by atoms with Gasteiger partial charge in [-0.2, -0.15) is 5.10 Å². The Kier molecular flexibility index (Phi) is 4.30. The van der Waals surface area contributed by atoms with Gasteiger partial charge in [0.2, 0.25) is 0 Å². The zero-order valence-electron chi connectivity index (χ0n) is 11.7. The summed E-state index contributed by atoms with van der Waals surface area (Å²) in [5.41, 5.74) is 5.64. The smallest absolute Gasteiger partial charge is 0.131 e. The molecule has 2 rings (SSSR count). The maximum Gasteiger partial charge on any atom is 0.131 e. The molecule has 1 saturated heterocycles. The normalized spacial score (nSPS) is 25.6. The van der Waals surface area contributed by atoms with Gasteiger partial charge in [-0.1, -0.05) is 18.0 Å². The van der Waals surface area contributed by atoms with Crippen molar-refractivity contribution in [3.63, 3.8) is 0 Å². The van der Waals surface area contributed by atoms with E-state index in [0.29, 0.717) is 12.1 Å². The van der Waals surface area contributed by atoms with Gasteiger partial charge in [-0.05, 0) is 33.6 Å². The Labute approximate surface area is 114 Å². The number of nitrogens with one attached hydrogen (secondary N) is 1. The summed E-state index contributed by atoms with van der Waals surface area (Å²) in [6.07, 6.45) is 3.85. The number of hydrazine groups is 1. The van der Waals surface area contributed by atoms with E-state index in [1.54, 1.807) is 4.68 Å². The van der Waals surface area contributed by atoms with Gasteiger partial charge in [0.25, 0.3) is 0 Å². The number of halogens is 1. The van der Waals surface area contributed by atoms with Crippen molar-refractivity contribution in [1.82, 2.24) is 20.2 Å². The SMILES string of the molecule is Cc1nn(C)c(Cl)c1CNN1C(C)CCCC1C. The first-order valence-corrected chi connectivity index (χ1v) is 7.08. The molecule has 1 aliphatic rings. The first-order valence-electron chi connectivity index (χ1n) is 6.70. The van der Waals surface area contributed by atoms with E-state index >= 15 is 0 Å². The van der Waals surface area contributed by atoms with Crippen LogP contribution in [0.1, 0.15) is 44.4 Å². The minimum atomic E-state index is 0.588. The highest BCUT2D eigenvalue weighted by Gasteiger charge is 2.24. The van der Waals surface area contributed by atoms with E-state index in [9.17, 15) is 0 Å². The lowest BCUT2D eigenvalue weighted by molar-refractivity contribution is 0.0435. The van der Waals surface area contributed by atoms with E-state index < -0.39 is 0 Å². The molecule has 2 atom stereocenters. The highest BCUT2D eigenvalue weighted by Crippen LogP contribution is 2.22. The minimum Gasteiger partial charge on any atom is -0.256 e. The second kappa shape index (κ2) is 5.59. The van der Waals surface area contributed by atoms with Crippen molar-refractivity contribution in [3.8, 4) is 0 Å². The average Bonchev–Trinajstić information content (AvgIpc) is 2.54. The second-order valence-electron chi connectivity index (χ2n) is 5.35. The van der Waals surface area contributed by atoms with Crippen molar-refractivity contribution >= 4 is 11.6 Å². The Hall–Kier alpha value is -0.580. The molecule has 0 spiro atoms. The van der Waals surface area contributed by atoms with Crippen LogP contribution in [0.4, 0.5) is 0 Å². The predicted octanol–water partition coefficient (Wildman–Crippen LogP) is 2.65. The first kappa shape index (κ1) is 13.8. The molecule has 0 radical (unpaired) electrons. The van der Waals surface area contributed by atoms with Gasteiger partial charge in [0.05, 0.1) is 5.69 Å². The molecule has 0 saturated carbocycles. The lowest BCUT2D eigenvalue weighted by atomic mass is 10.00. The fourth-order valence-corrected chi connectivity index (χ4v) is 3.02. The standard InChI is InChI=1S/C13H23ClN4/c1-9-6-5-7-10(2)18(9)15-8-12-11(3)16-17(4)13(12)14/h9-10,15H,5-8H2,1-4H3. The van der Waals surface area contributed by atoms with Gasteiger partial charge in [-0.3, -0.25) is 10.1 Å². The summed E-state index contributed by atoms with van der Waals surface area (Å²) in [5.74, 6) is 0. The van der Waals surface area contributed by atoms with Crippen molar-refractivity contribution in [3.05, 3.63) is 16.4 Å². The lowest BCUT2D eigenvalue weighted by Gasteiger charge is -2.39. The van der Waals surface area contributed by atoms with E-state index in [4.69, 9.17) is 11.6 Å². The molecule has 0 amide bonds. The van der Waals surface area contributed by atoms with Crippen LogP contribution >= 0.6 is 11.6 Å². The zero-order valence-corrected chi connectivity index (χ0v) is 12.5. The average molecular weight is 271 g/mol. The van der Waals surface area contributed by atoms with E-state index in [0.717, 1.165) is 23.0 Å². The van der Waals surface area contributed by atoms with Crippen molar-refractivity contribution in [2.75, 3.05) is 0 Å². The summed E-state index contributed by atoms with van der Waals surface area (Å²) < 4.78 is 1.73. The number of hydrogen-bond donors (Lipinski definition) is 1. The third kappa shape index (κ3) is 2.71. The van der Waals surface area contributed by atoms with Crippen LogP contribution in [0.5, 0.6) is 0 Å². The first-order chi connectivity index (χ1) is 8.50. The van der Waals surface area contributed by atoms with Crippen LogP contribution in [0.3, 0.4) is 0 Å². The van der Waals surface area contributed by atoms with Crippen LogP contribution in [0.25, 0.3) is 0 Å². The molecule has 1 N–H and O–H groups in total. The Morgan fingerprint density at radius 3 is 2.44 bits per heavy atom. The molecule has 102 valence electrons. The minimum absolute atomic E-state index is 0.588. The van der Waals surface area contributed by atoms with Crippen molar-refractivity contribution in [2.45, 2.75) is 58.7 Å². The van der Waals surface area contributed by atoms with Crippen molar-refractivity contribution in [2.24, 2.45) is 7.05 Å². The predicted molar refractivity (Wildman–Crippen MR) is 74.4 cm³/mol. The third-order valence-corrected chi connectivity index (χ3v) is 4.37. The van der Waals surface area contributed by atoms with Gasteiger partial charge < -0.3 is 0 Å². The van der Waals surface area contributed by atoms with Crippen molar-refractivity contribution in [1.29, 1.82) is 0 Å². The summed E-state index contributed by atoms with van der Waals surface area (Å²) in [6.45, 7) is 7.32. The van der Waals surface area contributed by atoms with E-state index in [2.05, 4.69) is 29.4 Å². The Morgan fingerprint density at radius 2 is 1.94 bits per heavy atom. The maximum atomic E-state index is 6.25. The molecule has 5 heteroatoms. The molecular formula is C13H23ClN4. The van der Waals surface area contributed by atoms with E-state index in [-0.39, 0.29) is 0 Å². The van der Waals surface area contributed by atoms with Gasteiger partial charge in [-0.15, -0.1) is 0 Å². The Balaban J connectivity index is 2.02. The molecule has 0 bridgehead atoms. The van der Waals surface area contributed by atoms with Gasteiger partial charge in [0.1, 0.15) is 5.15 Å². The molecule has 1 aliphatic heterocycles. The van der Waals surface area contributed by atoms with Crippen LogP contribution in [-0.2, 0) is 13.6 Å². The largest absolute Gasteiger partial charge is 0.256 e. The van der Waals surface area contributed by atoms with E-state index in [1.165, 1.54) is 19.3 Å². The number of hydrogen-bond acceptors (Lipinski definition) is 3. The number of piperidine rings is 1. The fraction of sp³-hybridized carbons (Fsp3) is 0.769. The molecule has 2 unspecified atom stereocenters. The Morgan fingerprint density at radius 1 is 1.33 bits per heavy atom. The Bertz CT molecular complexity index is 405. The van der Waals surface area contributed by atoms with Crippen LogP contribution in [0.15, 0.2) is 0 Å². The fourth-order valence-electron chi connectivity index (χ4n) is 2.78. The molecule has 0 aliphatic carbocycles. The van der Waals surface area contributed by atoms with Gasteiger partial charge >= 0.3 is 0 Å². The van der Waals surface area contributed by atoms with Crippen molar-refractivity contribution < 1.29 is 0 Å². The monoisotopic (exact) mass is 270 g/mol. The maximum absolute atomic E-state index is 6.25. The molecule has 4 nitrogen and oxygen atoms in total. The third-order valence-electron chi connectivity index (χ3n) is 3.90. The number of aryl methyl sites for hydroxylation is 2. The molecule has 1 aromatic heterocycles. The number of aromatic nitrogens is 2. The van der Waals surface area contributed by atoms with Crippen LogP contribution < -0.4 is 5.43 Å².